The molecule has 1 heterocycles. The number of thioether (sulfide) groups is 1. The summed E-state index contributed by atoms with van der Waals surface area (Å²) in [6.07, 6.45) is 1.75. The third-order valence-corrected chi connectivity index (χ3v) is 3.28. The smallest absolute Gasteiger partial charge is 0.135 e. The largest absolute Gasteiger partial charge is 0.383 e. The number of halogens is 1. The summed E-state index contributed by atoms with van der Waals surface area (Å²) in [6, 6.07) is 6.46. The number of anilines is 1. The molecule has 0 fully saturated rings. The van der Waals surface area contributed by atoms with Gasteiger partial charge in [-0.3, -0.25) is 0 Å². The van der Waals surface area contributed by atoms with Crippen LogP contribution in [0.4, 0.5) is 10.2 Å². The second-order valence-electron chi connectivity index (χ2n) is 3.61. The van der Waals surface area contributed by atoms with E-state index >= 15 is 0 Å². The zero-order valence-electron chi connectivity index (χ0n) is 9.56. The first-order valence-electron chi connectivity index (χ1n) is 5.39. The van der Waals surface area contributed by atoms with Crippen LogP contribution < -0.4 is 5.73 Å². The van der Waals surface area contributed by atoms with Gasteiger partial charge in [0.05, 0.1) is 17.6 Å². The summed E-state index contributed by atoms with van der Waals surface area (Å²) in [7, 11) is 0. The predicted octanol–water partition coefficient (Wildman–Crippen LogP) is 2.76. The van der Waals surface area contributed by atoms with Gasteiger partial charge >= 0.3 is 0 Å². The van der Waals surface area contributed by atoms with E-state index in [-0.39, 0.29) is 5.82 Å². The van der Waals surface area contributed by atoms with Crippen LogP contribution in [0.3, 0.4) is 0 Å². The Morgan fingerprint density at radius 1 is 1.47 bits per heavy atom. The molecule has 17 heavy (non-hydrogen) atoms. The molecule has 0 radical (unpaired) electrons. The Labute approximate surface area is 104 Å². The van der Waals surface area contributed by atoms with Gasteiger partial charge in [0.15, 0.2) is 0 Å². The molecule has 3 nitrogen and oxygen atoms in total. The van der Waals surface area contributed by atoms with Gasteiger partial charge in [-0.15, -0.1) is 11.8 Å². The number of rotatable bonds is 4. The lowest BCUT2D eigenvalue weighted by Crippen LogP contribution is -2.06. The van der Waals surface area contributed by atoms with Crippen LogP contribution in [0.5, 0.6) is 0 Å². The minimum Gasteiger partial charge on any atom is -0.383 e. The third-order valence-electron chi connectivity index (χ3n) is 2.37. The van der Waals surface area contributed by atoms with Crippen LogP contribution in [-0.2, 0) is 6.54 Å². The molecule has 0 aliphatic rings. The zero-order valence-corrected chi connectivity index (χ0v) is 10.4. The molecule has 1 aromatic heterocycles. The Hall–Kier alpha value is -1.49. The number of nitrogen functional groups attached to an aromatic ring is 1. The quantitative estimate of drug-likeness (QED) is 0.850. The summed E-state index contributed by atoms with van der Waals surface area (Å²) in [5.74, 6) is 1.35. The Kier molecular flexibility index (Phi) is 3.68. The molecule has 90 valence electrons. The molecule has 0 aliphatic heterocycles. The van der Waals surface area contributed by atoms with Crippen molar-refractivity contribution in [2.75, 3.05) is 11.5 Å². The molecule has 0 amide bonds. The van der Waals surface area contributed by atoms with E-state index in [1.807, 2.05) is 6.07 Å². The number of aromatic nitrogens is 2. The number of hydrogen-bond acceptors (Lipinski definition) is 3. The second-order valence-corrected chi connectivity index (χ2v) is 4.92. The summed E-state index contributed by atoms with van der Waals surface area (Å²) >= 11 is 1.65. The van der Waals surface area contributed by atoms with Crippen molar-refractivity contribution < 1.29 is 4.39 Å². The first kappa shape index (κ1) is 12.0. The maximum Gasteiger partial charge on any atom is 0.135 e. The Morgan fingerprint density at radius 3 is 3.00 bits per heavy atom. The maximum absolute atomic E-state index is 13.0. The summed E-state index contributed by atoms with van der Waals surface area (Å²) < 4.78 is 14.7. The molecule has 0 saturated heterocycles. The summed E-state index contributed by atoms with van der Waals surface area (Å²) in [6.45, 7) is 2.56. The van der Waals surface area contributed by atoms with Gasteiger partial charge in [0.25, 0.3) is 0 Å². The van der Waals surface area contributed by atoms with Crippen molar-refractivity contribution in [3.8, 4) is 0 Å². The van der Waals surface area contributed by atoms with Gasteiger partial charge in [0, 0.05) is 0 Å². The highest BCUT2D eigenvalue weighted by Gasteiger charge is 2.07. The summed E-state index contributed by atoms with van der Waals surface area (Å²) in [4.78, 5) is 0.976. The molecular formula is C12H14FN3S. The third kappa shape index (κ3) is 2.79. The van der Waals surface area contributed by atoms with E-state index in [1.54, 1.807) is 28.7 Å². The van der Waals surface area contributed by atoms with Crippen molar-refractivity contribution in [3.63, 3.8) is 0 Å². The Balaban J connectivity index is 2.19. The van der Waals surface area contributed by atoms with Crippen LogP contribution >= 0.6 is 11.8 Å². The van der Waals surface area contributed by atoms with Gasteiger partial charge in [0.1, 0.15) is 11.6 Å². The van der Waals surface area contributed by atoms with Crippen molar-refractivity contribution in [1.29, 1.82) is 0 Å². The van der Waals surface area contributed by atoms with E-state index in [4.69, 9.17) is 5.73 Å². The van der Waals surface area contributed by atoms with Crippen LogP contribution in [0.15, 0.2) is 35.4 Å². The molecule has 0 saturated carbocycles. The molecule has 2 rings (SSSR count). The van der Waals surface area contributed by atoms with Crippen molar-refractivity contribution in [1.82, 2.24) is 9.78 Å². The fourth-order valence-corrected chi connectivity index (χ4v) is 2.26. The minimum atomic E-state index is -0.239. The maximum atomic E-state index is 13.0. The van der Waals surface area contributed by atoms with Gasteiger partial charge in [-0.1, -0.05) is 19.1 Å². The predicted molar refractivity (Wildman–Crippen MR) is 68.5 cm³/mol. The monoisotopic (exact) mass is 251 g/mol. The van der Waals surface area contributed by atoms with Crippen molar-refractivity contribution >= 4 is 17.6 Å². The van der Waals surface area contributed by atoms with Gasteiger partial charge in [-0.05, 0) is 23.4 Å². The number of hydrogen-bond donors (Lipinski definition) is 1. The lowest BCUT2D eigenvalue weighted by Gasteiger charge is -2.05. The van der Waals surface area contributed by atoms with Gasteiger partial charge in [-0.2, -0.15) is 5.10 Å². The molecule has 0 aliphatic carbocycles. The highest BCUT2D eigenvalue weighted by Crippen LogP contribution is 2.24. The Morgan fingerprint density at radius 2 is 2.29 bits per heavy atom. The van der Waals surface area contributed by atoms with Crippen LogP contribution in [0, 0.1) is 5.82 Å². The number of nitrogens with zero attached hydrogens (tertiary/aromatic N) is 2. The van der Waals surface area contributed by atoms with Crippen molar-refractivity contribution in [3.05, 3.63) is 41.8 Å². The molecule has 5 heteroatoms. The normalized spacial score (nSPS) is 10.7. The van der Waals surface area contributed by atoms with Gasteiger partial charge in [-0.25, -0.2) is 9.07 Å². The number of benzene rings is 1. The molecule has 0 atom stereocenters. The summed E-state index contributed by atoms with van der Waals surface area (Å²) in [5, 5.41) is 4.21. The van der Waals surface area contributed by atoms with E-state index in [0.717, 1.165) is 16.2 Å². The highest BCUT2D eigenvalue weighted by molar-refractivity contribution is 7.99. The molecule has 2 aromatic rings. The Bertz CT molecular complexity index is 510. The average molecular weight is 251 g/mol. The van der Waals surface area contributed by atoms with Gasteiger partial charge < -0.3 is 5.73 Å². The van der Waals surface area contributed by atoms with E-state index in [2.05, 4.69) is 12.0 Å². The fourth-order valence-electron chi connectivity index (χ4n) is 1.58. The molecular weight excluding hydrogens is 237 g/mol. The first-order chi connectivity index (χ1) is 8.20. The lowest BCUT2D eigenvalue weighted by molar-refractivity contribution is 0.620. The fraction of sp³-hybridized carbons (Fsp3) is 0.250. The SMILES string of the molecule is CCSc1cnn(Cc2cccc(F)c2)c1N. The lowest BCUT2D eigenvalue weighted by atomic mass is 10.2. The van der Waals surface area contributed by atoms with E-state index in [0.29, 0.717) is 12.4 Å². The minimum absolute atomic E-state index is 0.239. The molecule has 2 N–H and O–H groups in total. The molecule has 0 spiro atoms. The molecule has 0 bridgehead atoms. The standard InChI is InChI=1S/C12H14FN3S/c1-2-17-11-7-15-16(12(11)14)8-9-4-3-5-10(13)6-9/h3-7H,2,8,14H2,1H3. The van der Waals surface area contributed by atoms with Crippen LogP contribution in [0.25, 0.3) is 0 Å². The van der Waals surface area contributed by atoms with Crippen LogP contribution in [0.2, 0.25) is 0 Å². The number of nitrogens with two attached hydrogens (primary N) is 1. The topological polar surface area (TPSA) is 43.8 Å². The van der Waals surface area contributed by atoms with E-state index in [9.17, 15) is 4.39 Å². The average Bonchev–Trinajstić information content (AvgIpc) is 2.62. The van der Waals surface area contributed by atoms with Crippen LogP contribution in [0.1, 0.15) is 12.5 Å². The van der Waals surface area contributed by atoms with E-state index in [1.165, 1.54) is 12.1 Å². The van der Waals surface area contributed by atoms with E-state index < -0.39 is 0 Å². The van der Waals surface area contributed by atoms with Gasteiger partial charge in [0.2, 0.25) is 0 Å². The highest BCUT2D eigenvalue weighted by atomic mass is 32.2. The summed E-state index contributed by atoms with van der Waals surface area (Å²) in [5.41, 5.74) is 6.82. The first-order valence-corrected chi connectivity index (χ1v) is 6.37. The molecule has 1 aromatic carbocycles. The molecule has 0 unspecified atom stereocenters. The van der Waals surface area contributed by atoms with Crippen LogP contribution in [-0.4, -0.2) is 15.5 Å². The van der Waals surface area contributed by atoms with Crippen molar-refractivity contribution in [2.45, 2.75) is 18.4 Å². The van der Waals surface area contributed by atoms with Crippen molar-refractivity contribution in [2.24, 2.45) is 0 Å². The second kappa shape index (κ2) is 5.23. The zero-order chi connectivity index (χ0) is 12.3.